The first-order valence-corrected chi connectivity index (χ1v) is 6.59. The Labute approximate surface area is 123 Å². The summed E-state index contributed by atoms with van der Waals surface area (Å²) in [6.45, 7) is -0.0289. The van der Waals surface area contributed by atoms with Gasteiger partial charge in [0.25, 0.3) is 0 Å². The Morgan fingerprint density at radius 1 is 1.00 bits per heavy atom. The zero-order valence-corrected chi connectivity index (χ0v) is 11.5. The summed E-state index contributed by atoms with van der Waals surface area (Å²) in [6, 6.07) is 16.5. The Morgan fingerprint density at radius 3 is 2.33 bits per heavy atom. The molecule has 0 spiro atoms. The Balaban J connectivity index is 1.85. The second-order valence-electron chi connectivity index (χ2n) is 4.26. The lowest BCUT2D eigenvalue weighted by atomic mass is 10.3. The second-order valence-corrected chi connectivity index (χ2v) is 4.26. The maximum Gasteiger partial charge on any atom is 0.250 e. The van der Waals surface area contributed by atoms with Gasteiger partial charge in [-0.05, 0) is 36.4 Å². The van der Waals surface area contributed by atoms with Gasteiger partial charge in [0.05, 0.1) is 13.2 Å². The van der Waals surface area contributed by atoms with Crippen LogP contribution in [0.4, 0.5) is 5.69 Å². The molecule has 0 unspecified atom stereocenters. The van der Waals surface area contributed by atoms with Crippen LogP contribution in [0.15, 0.2) is 54.6 Å². The molecule has 1 amide bonds. The van der Waals surface area contributed by atoms with Crippen molar-refractivity contribution in [1.82, 2.24) is 0 Å². The average molecular weight is 287 g/mol. The fraction of sp³-hybridized carbons (Fsp3) is 0.188. The third-order valence-corrected chi connectivity index (χ3v) is 2.59. The Kier molecular flexibility index (Phi) is 5.75. The van der Waals surface area contributed by atoms with Crippen molar-refractivity contribution in [3.63, 3.8) is 0 Å². The fourth-order valence-electron chi connectivity index (χ4n) is 1.66. The van der Waals surface area contributed by atoms with Gasteiger partial charge in [-0.15, -0.1) is 0 Å². The van der Waals surface area contributed by atoms with Gasteiger partial charge in [0.2, 0.25) is 5.91 Å². The van der Waals surface area contributed by atoms with Crippen molar-refractivity contribution in [1.29, 1.82) is 0 Å². The molecule has 0 aliphatic rings. The smallest absolute Gasteiger partial charge is 0.250 e. The van der Waals surface area contributed by atoms with Crippen molar-refractivity contribution in [2.45, 2.75) is 0 Å². The Hall–Kier alpha value is -2.37. The third kappa shape index (κ3) is 5.25. The highest BCUT2D eigenvalue weighted by Crippen LogP contribution is 2.22. The Morgan fingerprint density at radius 2 is 1.67 bits per heavy atom. The molecule has 0 bridgehead atoms. The van der Waals surface area contributed by atoms with E-state index < -0.39 is 0 Å². The number of hydrogen-bond donors (Lipinski definition) is 2. The number of amides is 1. The summed E-state index contributed by atoms with van der Waals surface area (Å²) < 4.78 is 10.6. The van der Waals surface area contributed by atoms with Crippen LogP contribution in [0.2, 0.25) is 0 Å². The zero-order chi connectivity index (χ0) is 14.9. The van der Waals surface area contributed by atoms with E-state index in [-0.39, 0.29) is 25.7 Å². The van der Waals surface area contributed by atoms with Gasteiger partial charge in [0, 0.05) is 5.69 Å². The lowest BCUT2D eigenvalue weighted by molar-refractivity contribution is -0.120. The molecule has 0 fully saturated rings. The summed E-state index contributed by atoms with van der Waals surface area (Å²) in [7, 11) is 0. The van der Waals surface area contributed by atoms with Crippen LogP contribution in [-0.4, -0.2) is 30.8 Å². The van der Waals surface area contributed by atoms with Gasteiger partial charge in [-0.1, -0.05) is 18.2 Å². The molecular formula is C16H17NO4. The summed E-state index contributed by atoms with van der Waals surface area (Å²) in [5, 5.41) is 11.2. The van der Waals surface area contributed by atoms with Crippen molar-refractivity contribution in [2.24, 2.45) is 0 Å². The van der Waals surface area contributed by atoms with Gasteiger partial charge in [0.15, 0.2) is 0 Å². The molecule has 0 saturated carbocycles. The van der Waals surface area contributed by atoms with Crippen LogP contribution in [0.1, 0.15) is 0 Å². The van der Waals surface area contributed by atoms with Crippen molar-refractivity contribution in [3.05, 3.63) is 54.6 Å². The number of aliphatic hydroxyl groups excluding tert-OH is 1. The molecule has 0 heterocycles. The van der Waals surface area contributed by atoms with Gasteiger partial charge < -0.3 is 19.9 Å². The Bertz CT molecular complexity index is 554. The monoisotopic (exact) mass is 287 g/mol. The zero-order valence-electron chi connectivity index (χ0n) is 11.5. The van der Waals surface area contributed by atoms with E-state index >= 15 is 0 Å². The van der Waals surface area contributed by atoms with Crippen molar-refractivity contribution >= 4 is 11.6 Å². The lowest BCUT2D eigenvalue weighted by Crippen LogP contribution is -2.19. The lowest BCUT2D eigenvalue weighted by Gasteiger charge is -2.08. The molecule has 110 valence electrons. The van der Waals surface area contributed by atoms with Crippen LogP contribution in [0, 0.1) is 0 Å². The number of rotatable bonds is 7. The number of carbonyl (C=O) groups is 1. The van der Waals surface area contributed by atoms with E-state index in [2.05, 4.69) is 5.32 Å². The van der Waals surface area contributed by atoms with E-state index in [1.807, 2.05) is 30.3 Å². The number of para-hydroxylation sites is 1. The average Bonchev–Trinajstić information content (AvgIpc) is 2.51. The van der Waals surface area contributed by atoms with Crippen LogP contribution in [-0.2, 0) is 9.53 Å². The normalized spacial score (nSPS) is 10.1. The molecule has 0 saturated heterocycles. The van der Waals surface area contributed by atoms with Gasteiger partial charge in [0.1, 0.15) is 18.1 Å². The van der Waals surface area contributed by atoms with Crippen molar-refractivity contribution in [2.75, 3.05) is 25.1 Å². The molecule has 2 aromatic rings. The summed E-state index contributed by atoms with van der Waals surface area (Å²) in [5.41, 5.74) is 0.660. The fourth-order valence-corrected chi connectivity index (χ4v) is 1.66. The summed E-state index contributed by atoms with van der Waals surface area (Å²) in [6.07, 6.45) is 0. The number of carbonyl (C=O) groups excluding carboxylic acids is 1. The maximum atomic E-state index is 11.5. The van der Waals surface area contributed by atoms with Gasteiger partial charge in [-0.3, -0.25) is 4.79 Å². The summed E-state index contributed by atoms with van der Waals surface area (Å²) in [5.74, 6) is 1.18. The number of aliphatic hydroxyl groups is 1. The first kappa shape index (κ1) is 15.0. The molecule has 2 rings (SSSR count). The molecule has 0 aliphatic heterocycles. The van der Waals surface area contributed by atoms with Crippen LogP contribution in [0.5, 0.6) is 11.5 Å². The van der Waals surface area contributed by atoms with Crippen molar-refractivity contribution in [3.8, 4) is 11.5 Å². The van der Waals surface area contributed by atoms with Gasteiger partial charge in [-0.25, -0.2) is 0 Å². The molecular weight excluding hydrogens is 270 g/mol. The minimum absolute atomic E-state index is 0.0805. The van der Waals surface area contributed by atoms with Gasteiger partial charge >= 0.3 is 0 Å². The minimum Gasteiger partial charge on any atom is -0.457 e. The SMILES string of the molecule is O=C(COCCO)Nc1ccc(Oc2ccccc2)cc1. The quantitative estimate of drug-likeness (QED) is 0.767. The molecule has 0 radical (unpaired) electrons. The molecule has 21 heavy (non-hydrogen) atoms. The third-order valence-electron chi connectivity index (χ3n) is 2.59. The van der Waals surface area contributed by atoms with Crippen LogP contribution in [0.25, 0.3) is 0 Å². The first-order valence-electron chi connectivity index (χ1n) is 6.59. The van der Waals surface area contributed by atoms with Crippen LogP contribution >= 0.6 is 0 Å². The van der Waals surface area contributed by atoms with E-state index in [4.69, 9.17) is 14.6 Å². The highest BCUT2D eigenvalue weighted by Gasteiger charge is 2.03. The van der Waals surface area contributed by atoms with Crippen LogP contribution in [0.3, 0.4) is 0 Å². The number of ether oxygens (including phenoxy) is 2. The van der Waals surface area contributed by atoms with Crippen molar-refractivity contribution < 1.29 is 19.4 Å². The number of nitrogens with one attached hydrogen (secondary N) is 1. The number of benzene rings is 2. The van der Waals surface area contributed by atoms with Crippen LogP contribution < -0.4 is 10.1 Å². The van der Waals surface area contributed by atoms with E-state index in [0.717, 1.165) is 5.75 Å². The summed E-state index contributed by atoms with van der Waals surface area (Å²) in [4.78, 5) is 11.5. The highest BCUT2D eigenvalue weighted by atomic mass is 16.5. The molecule has 0 atom stereocenters. The molecule has 5 nitrogen and oxygen atoms in total. The molecule has 5 heteroatoms. The van der Waals surface area contributed by atoms with E-state index in [9.17, 15) is 4.79 Å². The molecule has 0 aliphatic carbocycles. The highest BCUT2D eigenvalue weighted by molar-refractivity contribution is 5.91. The standard InChI is InChI=1S/C16H17NO4/c18-10-11-20-12-16(19)17-13-6-8-15(9-7-13)21-14-4-2-1-3-5-14/h1-9,18H,10-12H2,(H,17,19). The molecule has 2 N–H and O–H groups in total. The minimum atomic E-state index is -0.264. The number of hydrogen-bond acceptors (Lipinski definition) is 4. The second kappa shape index (κ2) is 8.04. The van der Waals surface area contributed by atoms with E-state index in [1.165, 1.54) is 0 Å². The topological polar surface area (TPSA) is 67.8 Å². The molecule has 0 aromatic heterocycles. The first-order chi connectivity index (χ1) is 10.3. The van der Waals surface area contributed by atoms with E-state index in [0.29, 0.717) is 11.4 Å². The maximum absolute atomic E-state index is 11.5. The number of anilines is 1. The predicted octanol–water partition coefficient (Wildman–Crippen LogP) is 2.43. The summed E-state index contributed by atoms with van der Waals surface area (Å²) >= 11 is 0. The molecule has 2 aromatic carbocycles. The van der Waals surface area contributed by atoms with Gasteiger partial charge in [-0.2, -0.15) is 0 Å². The predicted molar refractivity (Wildman–Crippen MR) is 79.5 cm³/mol. The largest absolute Gasteiger partial charge is 0.457 e. The van der Waals surface area contributed by atoms with E-state index in [1.54, 1.807) is 24.3 Å².